The molecule has 0 aromatic heterocycles. The summed E-state index contributed by atoms with van der Waals surface area (Å²) in [4.78, 5) is 21.7. The zero-order valence-corrected chi connectivity index (χ0v) is 11.5. The number of hydrogen-bond donors (Lipinski definition) is 2. The van der Waals surface area contributed by atoms with Crippen LogP contribution in [-0.2, 0) is 24.3 Å². The van der Waals surface area contributed by atoms with Gasteiger partial charge >= 0.3 is 11.9 Å². The van der Waals surface area contributed by atoms with E-state index in [2.05, 4.69) is 9.46 Å². The normalized spacial score (nSPS) is 13.3. The van der Waals surface area contributed by atoms with Crippen molar-refractivity contribution in [2.45, 2.75) is 20.3 Å². The number of methoxy groups -OCH3 is 1. The lowest BCUT2D eigenvalue weighted by molar-refractivity contribution is -0.142. The Morgan fingerprint density at radius 2 is 1.89 bits per heavy atom. The second kappa shape index (κ2) is 7.32. The molecule has 0 fully saturated rings. The van der Waals surface area contributed by atoms with Crippen LogP contribution in [0.2, 0.25) is 0 Å². The van der Waals surface area contributed by atoms with Crippen LogP contribution in [0.1, 0.15) is 20.3 Å². The summed E-state index contributed by atoms with van der Waals surface area (Å²) in [5.74, 6) is -3.44. The van der Waals surface area contributed by atoms with E-state index in [1.54, 1.807) is 0 Å². The third-order valence-electron chi connectivity index (χ3n) is 2.19. The number of sulfonamides is 1. The molecular weight excluding hydrogens is 262 g/mol. The molecule has 0 aliphatic rings. The van der Waals surface area contributed by atoms with Crippen LogP contribution in [0.5, 0.6) is 0 Å². The third kappa shape index (κ3) is 7.23. The summed E-state index contributed by atoms with van der Waals surface area (Å²) in [6.45, 7) is 3.46. The zero-order valence-electron chi connectivity index (χ0n) is 10.7. The highest BCUT2D eigenvalue weighted by atomic mass is 32.2. The minimum atomic E-state index is -3.85. The lowest BCUT2D eigenvalue weighted by atomic mass is 9.98. The van der Waals surface area contributed by atoms with Crippen LogP contribution in [0.3, 0.4) is 0 Å². The Morgan fingerprint density at radius 3 is 2.28 bits per heavy atom. The fraction of sp³-hybridized carbons (Fsp3) is 0.800. The molecule has 0 bridgehead atoms. The van der Waals surface area contributed by atoms with Gasteiger partial charge in [-0.05, 0) is 12.3 Å². The summed E-state index contributed by atoms with van der Waals surface area (Å²) in [7, 11) is -2.77. The fourth-order valence-corrected chi connectivity index (χ4v) is 2.32. The van der Waals surface area contributed by atoms with E-state index in [4.69, 9.17) is 5.11 Å². The van der Waals surface area contributed by atoms with E-state index in [9.17, 15) is 18.0 Å². The third-order valence-corrected chi connectivity index (χ3v) is 3.41. The molecule has 1 unspecified atom stereocenters. The van der Waals surface area contributed by atoms with Crippen molar-refractivity contribution in [2.24, 2.45) is 11.8 Å². The van der Waals surface area contributed by atoms with E-state index < -0.39 is 33.6 Å². The molecule has 8 heteroatoms. The number of nitrogens with one attached hydrogen (secondary N) is 1. The summed E-state index contributed by atoms with van der Waals surface area (Å²) >= 11 is 0. The maximum atomic E-state index is 11.4. The van der Waals surface area contributed by atoms with Crippen molar-refractivity contribution in [3.05, 3.63) is 0 Å². The Labute approximate surface area is 107 Å². The van der Waals surface area contributed by atoms with Crippen molar-refractivity contribution in [2.75, 3.05) is 19.4 Å². The Bertz CT molecular complexity index is 389. The lowest BCUT2D eigenvalue weighted by Crippen LogP contribution is -2.36. The predicted octanol–water partition coefficient (Wildman–Crippen LogP) is -0.174. The molecule has 0 spiro atoms. The molecule has 0 radical (unpaired) electrons. The number of hydrogen-bond acceptors (Lipinski definition) is 5. The standard InChI is InChI=1S/C10H19NO6S/c1-7(2)4-8(10(13)14)5-11-18(15,16)6-9(12)17-3/h7-8,11H,4-6H2,1-3H3,(H,13,14). The molecule has 0 aromatic carbocycles. The van der Waals surface area contributed by atoms with E-state index in [1.807, 2.05) is 13.8 Å². The van der Waals surface area contributed by atoms with Crippen LogP contribution in [-0.4, -0.2) is 44.9 Å². The second-order valence-electron chi connectivity index (χ2n) is 4.35. The summed E-state index contributed by atoms with van der Waals surface area (Å²) in [6.07, 6.45) is 0.357. The quantitative estimate of drug-likeness (QED) is 0.597. The van der Waals surface area contributed by atoms with Crippen molar-refractivity contribution < 1.29 is 27.9 Å². The molecule has 0 saturated heterocycles. The van der Waals surface area contributed by atoms with Gasteiger partial charge in [-0.1, -0.05) is 13.8 Å². The van der Waals surface area contributed by atoms with Crippen LogP contribution in [0.15, 0.2) is 0 Å². The first-order chi connectivity index (χ1) is 8.18. The molecular formula is C10H19NO6S. The van der Waals surface area contributed by atoms with E-state index in [-0.39, 0.29) is 12.5 Å². The Hall–Kier alpha value is -1.15. The van der Waals surface area contributed by atoms with Crippen molar-refractivity contribution in [1.82, 2.24) is 4.72 Å². The van der Waals surface area contributed by atoms with Gasteiger partial charge in [-0.25, -0.2) is 13.1 Å². The average molecular weight is 281 g/mol. The molecule has 106 valence electrons. The highest BCUT2D eigenvalue weighted by molar-refractivity contribution is 7.90. The molecule has 0 heterocycles. The minimum Gasteiger partial charge on any atom is -0.481 e. The molecule has 18 heavy (non-hydrogen) atoms. The van der Waals surface area contributed by atoms with Crippen LogP contribution in [0.25, 0.3) is 0 Å². The van der Waals surface area contributed by atoms with E-state index in [1.165, 1.54) is 0 Å². The van der Waals surface area contributed by atoms with Gasteiger partial charge in [-0.15, -0.1) is 0 Å². The molecule has 0 saturated carbocycles. The summed E-state index contributed by atoms with van der Waals surface area (Å²) < 4.78 is 29.1. The van der Waals surface area contributed by atoms with Crippen LogP contribution >= 0.6 is 0 Å². The predicted molar refractivity (Wildman–Crippen MR) is 64.4 cm³/mol. The van der Waals surface area contributed by atoms with Gasteiger partial charge in [0.2, 0.25) is 10.0 Å². The van der Waals surface area contributed by atoms with Gasteiger partial charge in [0, 0.05) is 6.54 Å². The zero-order chi connectivity index (χ0) is 14.3. The number of carbonyl (C=O) groups excluding carboxylic acids is 1. The Morgan fingerprint density at radius 1 is 1.33 bits per heavy atom. The fourth-order valence-electron chi connectivity index (χ4n) is 1.33. The van der Waals surface area contributed by atoms with E-state index >= 15 is 0 Å². The number of carboxylic acid groups (broad SMARTS) is 1. The molecule has 0 aliphatic heterocycles. The van der Waals surface area contributed by atoms with Crippen molar-refractivity contribution in [3.8, 4) is 0 Å². The molecule has 0 rings (SSSR count). The van der Waals surface area contributed by atoms with Gasteiger partial charge in [0.05, 0.1) is 13.0 Å². The SMILES string of the molecule is COC(=O)CS(=O)(=O)NCC(CC(C)C)C(=O)O. The number of aliphatic carboxylic acids is 1. The first-order valence-corrected chi connectivity index (χ1v) is 7.10. The first kappa shape index (κ1) is 16.9. The molecule has 0 aromatic rings. The Balaban J connectivity index is 4.42. The van der Waals surface area contributed by atoms with Gasteiger partial charge in [0.25, 0.3) is 0 Å². The maximum Gasteiger partial charge on any atom is 0.322 e. The van der Waals surface area contributed by atoms with Gasteiger partial charge in [0.15, 0.2) is 5.75 Å². The van der Waals surface area contributed by atoms with E-state index in [0.29, 0.717) is 6.42 Å². The van der Waals surface area contributed by atoms with Crippen LogP contribution < -0.4 is 4.72 Å². The van der Waals surface area contributed by atoms with Gasteiger partial charge < -0.3 is 9.84 Å². The van der Waals surface area contributed by atoms with Crippen molar-refractivity contribution in [3.63, 3.8) is 0 Å². The van der Waals surface area contributed by atoms with Gasteiger partial charge in [-0.3, -0.25) is 9.59 Å². The van der Waals surface area contributed by atoms with Crippen LogP contribution in [0.4, 0.5) is 0 Å². The summed E-state index contributed by atoms with van der Waals surface area (Å²) in [5.41, 5.74) is 0. The lowest BCUT2D eigenvalue weighted by Gasteiger charge is -2.15. The first-order valence-electron chi connectivity index (χ1n) is 5.45. The second-order valence-corrected chi connectivity index (χ2v) is 6.16. The minimum absolute atomic E-state index is 0.135. The highest BCUT2D eigenvalue weighted by Gasteiger charge is 2.23. The molecule has 0 amide bonds. The van der Waals surface area contributed by atoms with E-state index in [0.717, 1.165) is 7.11 Å². The summed E-state index contributed by atoms with van der Waals surface area (Å²) in [5, 5.41) is 8.92. The number of ether oxygens (including phenoxy) is 1. The van der Waals surface area contributed by atoms with Gasteiger partial charge in [0.1, 0.15) is 0 Å². The van der Waals surface area contributed by atoms with Crippen molar-refractivity contribution >= 4 is 22.0 Å². The maximum absolute atomic E-state index is 11.4. The molecule has 0 aliphatic carbocycles. The Kier molecular flexibility index (Phi) is 6.85. The highest BCUT2D eigenvalue weighted by Crippen LogP contribution is 2.11. The largest absolute Gasteiger partial charge is 0.481 e. The van der Waals surface area contributed by atoms with Crippen LogP contribution in [0, 0.1) is 11.8 Å². The number of carboxylic acids is 1. The topological polar surface area (TPSA) is 110 Å². The number of esters is 1. The number of carbonyl (C=O) groups is 2. The number of rotatable bonds is 8. The molecule has 2 N–H and O–H groups in total. The summed E-state index contributed by atoms with van der Waals surface area (Å²) in [6, 6.07) is 0. The van der Waals surface area contributed by atoms with Crippen molar-refractivity contribution in [1.29, 1.82) is 0 Å². The molecule has 1 atom stereocenters. The monoisotopic (exact) mass is 281 g/mol. The average Bonchev–Trinajstić information content (AvgIpc) is 2.22. The molecule has 7 nitrogen and oxygen atoms in total. The smallest absolute Gasteiger partial charge is 0.322 e. The van der Waals surface area contributed by atoms with Gasteiger partial charge in [-0.2, -0.15) is 0 Å².